The molecule has 0 atom stereocenters. The Balaban J connectivity index is 1.80. The molecule has 12 heteroatoms. The van der Waals surface area contributed by atoms with Crippen LogP contribution in [0.3, 0.4) is 0 Å². The summed E-state index contributed by atoms with van der Waals surface area (Å²) in [4.78, 5) is 41.7. The van der Waals surface area contributed by atoms with Gasteiger partial charge in [0.15, 0.2) is 0 Å². The van der Waals surface area contributed by atoms with Crippen molar-refractivity contribution in [3.05, 3.63) is 58.6 Å². The van der Waals surface area contributed by atoms with E-state index in [1.807, 2.05) is 0 Å². The van der Waals surface area contributed by atoms with Gasteiger partial charge >= 0.3 is 6.03 Å². The molecule has 0 spiro atoms. The molecule has 1 fully saturated rings. The topological polar surface area (TPSA) is 125 Å². The molecule has 1 aliphatic rings. The molecule has 2 aromatic rings. The Morgan fingerprint density at radius 2 is 2.00 bits per heavy atom. The maximum absolute atomic E-state index is 12.7. The second-order valence-electron chi connectivity index (χ2n) is 6.54. The minimum absolute atomic E-state index is 0.0463. The first-order chi connectivity index (χ1) is 14.6. The fourth-order valence-electron chi connectivity index (χ4n) is 2.83. The molecule has 1 heterocycles. The Labute approximate surface area is 183 Å². The van der Waals surface area contributed by atoms with E-state index in [-0.39, 0.29) is 34.5 Å². The Morgan fingerprint density at radius 1 is 1.26 bits per heavy atom. The number of nitrogens with one attached hydrogen (secondary N) is 2. The second-order valence-corrected chi connectivity index (χ2v) is 8.85. The van der Waals surface area contributed by atoms with E-state index in [9.17, 15) is 22.8 Å². The number of anilines is 1. The van der Waals surface area contributed by atoms with Crippen LogP contribution < -0.4 is 10.6 Å². The molecule has 2 N–H and O–H groups in total. The molecule has 0 aromatic heterocycles. The van der Waals surface area contributed by atoms with Crippen LogP contribution in [0.2, 0.25) is 5.02 Å². The Hall–Kier alpha value is -2.99. The third-order valence-corrected chi connectivity index (χ3v) is 6.69. The fourth-order valence-corrected chi connectivity index (χ4v) is 4.30. The van der Waals surface area contributed by atoms with Crippen LogP contribution in [0.15, 0.2) is 47.4 Å². The van der Waals surface area contributed by atoms with Gasteiger partial charge in [0.25, 0.3) is 15.9 Å². The highest BCUT2D eigenvalue weighted by Gasteiger charge is 2.28. The van der Waals surface area contributed by atoms with Crippen molar-refractivity contribution < 1.29 is 27.6 Å². The number of amides is 4. The van der Waals surface area contributed by atoms with E-state index in [2.05, 4.69) is 10.6 Å². The number of nitrogens with zero attached hydrogens (tertiary/aromatic N) is 2. The number of benzene rings is 2. The molecule has 3 rings (SSSR count). The van der Waals surface area contributed by atoms with Gasteiger partial charge in [0.05, 0.1) is 25.2 Å². The molecule has 31 heavy (non-hydrogen) atoms. The zero-order chi connectivity index (χ0) is 22.8. The number of carbonyl (C=O) groups is 3. The third kappa shape index (κ3) is 4.85. The quantitative estimate of drug-likeness (QED) is 0.473. The summed E-state index contributed by atoms with van der Waals surface area (Å²) in [7, 11) is -1.66. The van der Waals surface area contributed by atoms with Gasteiger partial charge in [-0.2, -0.15) is 0 Å². The first kappa shape index (κ1) is 22.7. The highest BCUT2D eigenvalue weighted by atomic mass is 35.5. The van der Waals surface area contributed by atoms with Gasteiger partial charge in [0.2, 0.25) is 5.91 Å². The molecule has 0 unspecified atom stereocenters. The molecule has 1 aliphatic heterocycles. The number of hydroxylamine groups is 1. The first-order valence-corrected chi connectivity index (χ1v) is 10.8. The lowest BCUT2D eigenvalue weighted by Gasteiger charge is -2.16. The van der Waals surface area contributed by atoms with Gasteiger partial charge < -0.3 is 10.6 Å². The number of carbonyl (C=O) groups excluding carboxylic acids is 3. The monoisotopic (exact) mass is 466 g/mol. The second kappa shape index (κ2) is 9.02. The first-order valence-electron chi connectivity index (χ1n) is 8.94. The van der Waals surface area contributed by atoms with Crippen molar-refractivity contribution >= 4 is 45.2 Å². The summed E-state index contributed by atoms with van der Waals surface area (Å²) in [6.07, 6.45) is 0. The molecule has 164 valence electrons. The van der Waals surface area contributed by atoms with Gasteiger partial charge in [-0.05, 0) is 35.9 Å². The maximum Gasteiger partial charge on any atom is 0.324 e. The van der Waals surface area contributed by atoms with Gasteiger partial charge in [-0.25, -0.2) is 13.2 Å². The Morgan fingerprint density at radius 3 is 2.65 bits per heavy atom. The highest BCUT2D eigenvalue weighted by molar-refractivity contribution is 7.89. The molecule has 1 saturated heterocycles. The molecular formula is C19H19ClN4O6S. The maximum atomic E-state index is 12.7. The van der Waals surface area contributed by atoms with Crippen LogP contribution in [0.1, 0.15) is 15.9 Å². The Bertz CT molecular complexity index is 1140. The number of halogens is 1. The number of urea groups is 1. The van der Waals surface area contributed by atoms with E-state index >= 15 is 0 Å². The van der Waals surface area contributed by atoms with E-state index in [1.54, 1.807) is 24.3 Å². The lowest BCUT2D eigenvalue weighted by molar-refractivity contribution is -0.125. The lowest BCUT2D eigenvalue weighted by Crippen LogP contribution is -2.30. The molecule has 0 aliphatic carbocycles. The van der Waals surface area contributed by atoms with Crippen molar-refractivity contribution in [1.29, 1.82) is 0 Å². The van der Waals surface area contributed by atoms with E-state index in [4.69, 9.17) is 16.4 Å². The average Bonchev–Trinajstić information content (AvgIpc) is 3.05. The summed E-state index contributed by atoms with van der Waals surface area (Å²) in [6.45, 7) is 0.0103. The summed E-state index contributed by atoms with van der Waals surface area (Å²) in [5.74, 6) is -0.907. The van der Waals surface area contributed by atoms with E-state index in [0.29, 0.717) is 15.7 Å². The van der Waals surface area contributed by atoms with Crippen LogP contribution in [0.4, 0.5) is 10.5 Å². The summed E-state index contributed by atoms with van der Waals surface area (Å²) in [5, 5.41) is 5.04. The predicted octanol–water partition coefficient (Wildman–Crippen LogP) is 1.83. The van der Waals surface area contributed by atoms with Crippen LogP contribution in [-0.4, -0.2) is 56.3 Å². The van der Waals surface area contributed by atoms with Gasteiger partial charge in [0.1, 0.15) is 4.90 Å². The van der Waals surface area contributed by atoms with Gasteiger partial charge in [-0.3, -0.25) is 19.3 Å². The average molecular weight is 467 g/mol. The van der Waals surface area contributed by atoms with Gasteiger partial charge in [0, 0.05) is 18.3 Å². The third-order valence-electron chi connectivity index (χ3n) is 4.53. The molecule has 0 radical (unpaired) electrons. The summed E-state index contributed by atoms with van der Waals surface area (Å²) >= 11 is 6.01. The summed E-state index contributed by atoms with van der Waals surface area (Å²) in [5.41, 5.74) is 1.10. The zero-order valence-electron chi connectivity index (χ0n) is 16.6. The van der Waals surface area contributed by atoms with Crippen LogP contribution >= 0.6 is 11.6 Å². The molecule has 10 nitrogen and oxygen atoms in total. The molecule has 4 amide bonds. The minimum atomic E-state index is -4.06. The van der Waals surface area contributed by atoms with Gasteiger partial charge in [-0.15, -0.1) is 0 Å². The molecule has 0 saturated carbocycles. The van der Waals surface area contributed by atoms with Crippen molar-refractivity contribution in [2.75, 3.05) is 26.0 Å². The van der Waals surface area contributed by atoms with Crippen molar-refractivity contribution in [3.63, 3.8) is 0 Å². The van der Waals surface area contributed by atoms with E-state index in [0.717, 1.165) is 11.0 Å². The number of imide groups is 1. The molecular weight excluding hydrogens is 448 g/mol. The highest BCUT2D eigenvalue weighted by Crippen LogP contribution is 2.26. The number of hydrogen-bond donors (Lipinski definition) is 2. The SMILES string of the molecule is CON(C)S(=O)(=O)c1cc(C(=O)Nc2cccc(CN3C(=O)CNC3=O)c2)ccc1Cl. The van der Waals surface area contributed by atoms with E-state index < -0.39 is 22.0 Å². The smallest absolute Gasteiger partial charge is 0.324 e. The van der Waals surface area contributed by atoms with Crippen LogP contribution in [-0.2, 0) is 26.2 Å². The number of rotatable bonds is 7. The van der Waals surface area contributed by atoms with Crippen molar-refractivity contribution in [2.45, 2.75) is 11.4 Å². The van der Waals surface area contributed by atoms with Crippen molar-refractivity contribution in [3.8, 4) is 0 Å². The van der Waals surface area contributed by atoms with Gasteiger partial charge in [-0.1, -0.05) is 28.2 Å². The largest absolute Gasteiger partial charge is 0.329 e. The predicted molar refractivity (Wildman–Crippen MR) is 112 cm³/mol. The molecule has 0 bridgehead atoms. The Kier molecular flexibility index (Phi) is 6.60. The summed E-state index contributed by atoms with van der Waals surface area (Å²) < 4.78 is 25.6. The number of sulfonamides is 1. The van der Waals surface area contributed by atoms with E-state index in [1.165, 1.54) is 26.3 Å². The van der Waals surface area contributed by atoms with Crippen LogP contribution in [0.25, 0.3) is 0 Å². The van der Waals surface area contributed by atoms with Crippen molar-refractivity contribution in [2.24, 2.45) is 0 Å². The lowest BCUT2D eigenvalue weighted by atomic mass is 10.1. The number of hydrogen-bond acceptors (Lipinski definition) is 6. The summed E-state index contributed by atoms with van der Waals surface area (Å²) in [6, 6.07) is 9.98. The fraction of sp³-hybridized carbons (Fsp3) is 0.211. The normalized spacial score (nSPS) is 14.1. The van der Waals surface area contributed by atoms with Crippen LogP contribution in [0, 0.1) is 0 Å². The zero-order valence-corrected chi connectivity index (χ0v) is 18.2. The standard InChI is InChI=1S/C19H19ClN4O6S/c1-23(30-2)31(28,29)16-9-13(6-7-15(16)20)18(26)22-14-5-3-4-12(8-14)11-24-17(25)10-21-19(24)27/h3-9H,10-11H2,1-2H3,(H,21,27)(H,22,26). The minimum Gasteiger partial charge on any atom is -0.329 e. The molecule has 2 aromatic carbocycles. The van der Waals surface area contributed by atoms with Crippen molar-refractivity contribution in [1.82, 2.24) is 14.7 Å². The van der Waals surface area contributed by atoms with Crippen LogP contribution in [0.5, 0.6) is 0 Å².